The number of ether oxygens (including phenoxy) is 1. The van der Waals surface area contributed by atoms with Crippen LogP contribution < -0.4 is 4.74 Å². The van der Waals surface area contributed by atoms with Gasteiger partial charge in [-0.25, -0.2) is 14.5 Å². The zero-order chi connectivity index (χ0) is 22.1. The summed E-state index contributed by atoms with van der Waals surface area (Å²) in [6.07, 6.45) is 9.35. The summed E-state index contributed by atoms with van der Waals surface area (Å²) in [5.74, 6) is 2.24. The van der Waals surface area contributed by atoms with E-state index in [2.05, 4.69) is 18.8 Å². The Hall–Kier alpha value is -3.22. The van der Waals surface area contributed by atoms with Crippen LogP contribution >= 0.6 is 0 Å². The summed E-state index contributed by atoms with van der Waals surface area (Å²) in [7, 11) is 0. The van der Waals surface area contributed by atoms with Gasteiger partial charge >= 0.3 is 6.16 Å². The minimum absolute atomic E-state index is 0.269. The topological polar surface area (TPSA) is 90.1 Å². The first-order chi connectivity index (χ1) is 15.1. The highest BCUT2D eigenvalue weighted by atomic mass is 16.7. The first-order valence-corrected chi connectivity index (χ1v) is 11.0. The van der Waals surface area contributed by atoms with Gasteiger partial charge in [-0.15, -0.1) is 0 Å². The van der Waals surface area contributed by atoms with Gasteiger partial charge < -0.3 is 9.84 Å². The summed E-state index contributed by atoms with van der Waals surface area (Å²) < 4.78 is 6.90. The highest BCUT2D eigenvalue weighted by Crippen LogP contribution is 2.29. The standard InChI is InChI=1S/C24H30N4O3/c1-3-5-7-8-22-26-23(9-6-4-2)28(27-22)17-18-10-12-19(13-11-18)20-16-25-15-14-21(20)31-24(29)30/h10-16H,3-9,17H2,1-2H3,(H,29,30). The van der Waals surface area contributed by atoms with Crippen LogP contribution in [0.4, 0.5) is 4.79 Å². The van der Waals surface area contributed by atoms with Crippen molar-refractivity contribution in [1.82, 2.24) is 19.7 Å². The van der Waals surface area contributed by atoms with Gasteiger partial charge in [0, 0.05) is 36.9 Å². The summed E-state index contributed by atoms with van der Waals surface area (Å²) in [6, 6.07) is 9.49. The largest absolute Gasteiger partial charge is 0.511 e. The van der Waals surface area contributed by atoms with Crippen molar-refractivity contribution in [2.75, 3.05) is 0 Å². The Morgan fingerprint density at radius 2 is 1.81 bits per heavy atom. The number of hydrogen-bond acceptors (Lipinski definition) is 5. The molecule has 1 N–H and O–H groups in total. The molecule has 0 spiro atoms. The van der Waals surface area contributed by atoms with Gasteiger partial charge in [0.25, 0.3) is 0 Å². The minimum atomic E-state index is -1.34. The molecule has 0 aliphatic carbocycles. The molecule has 1 aromatic carbocycles. The molecule has 0 unspecified atom stereocenters. The van der Waals surface area contributed by atoms with Gasteiger partial charge in [0.2, 0.25) is 0 Å². The van der Waals surface area contributed by atoms with Crippen LogP contribution in [0.3, 0.4) is 0 Å². The Morgan fingerprint density at radius 3 is 2.52 bits per heavy atom. The fourth-order valence-corrected chi connectivity index (χ4v) is 3.46. The molecule has 0 aliphatic heterocycles. The monoisotopic (exact) mass is 422 g/mol. The van der Waals surface area contributed by atoms with E-state index in [1.807, 2.05) is 28.9 Å². The second-order valence-corrected chi connectivity index (χ2v) is 7.60. The normalized spacial score (nSPS) is 10.9. The lowest BCUT2D eigenvalue weighted by molar-refractivity contribution is 0.144. The number of rotatable bonds is 11. The first kappa shape index (κ1) is 22.5. The lowest BCUT2D eigenvalue weighted by atomic mass is 10.0. The third-order valence-corrected chi connectivity index (χ3v) is 5.13. The van der Waals surface area contributed by atoms with E-state index in [0.29, 0.717) is 12.1 Å². The lowest BCUT2D eigenvalue weighted by Gasteiger charge is -2.09. The molecule has 0 saturated heterocycles. The number of benzene rings is 1. The van der Waals surface area contributed by atoms with Crippen molar-refractivity contribution in [3.8, 4) is 16.9 Å². The summed E-state index contributed by atoms with van der Waals surface area (Å²) in [5.41, 5.74) is 2.59. The van der Waals surface area contributed by atoms with Crippen LogP contribution in [-0.4, -0.2) is 31.0 Å². The van der Waals surface area contributed by atoms with Gasteiger partial charge in [0.05, 0.1) is 6.54 Å². The molecule has 0 atom stereocenters. The Bertz CT molecular complexity index is 983. The van der Waals surface area contributed by atoms with Crippen LogP contribution in [0.2, 0.25) is 0 Å². The second-order valence-electron chi connectivity index (χ2n) is 7.60. The lowest BCUT2D eigenvalue weighted by Crippen LogP contribution is -2.07. The maximum atomic E-state index is 10.9. The van der Waals surface area contributed by atoms with Crippen LogP contribution in [0.25, 0.3) is 11.1 Å². The predicted octanol–water partition coefficient (Wildman–Crippen LogP) is 5.52. The Labute approximate surface area is 183 Å². The third-order valence-electron chi connectivity index (χ3n) is 5.13. The summed E-state index contributed by atoms with van der Waals surface area (Å²) in [6.45, 7) is 5.04. The molecule has 0 aliphatic rings. The second kappa shape index (κ2) is 11.2. The molecule has 2 aromatic heterocycles. The fourth-order valence-electron chi connectivity index (χ4n) is 3.46. The highest BCUT2D eigenvalue weighted by molar-refractivity contribution is 5.73. The Kier molecular flexibility index (Phi) is 8.15. The van der Waals surface area contributed by atoms with E-state index in [1.165, 1.54) is 19.0 Å². The average molecular weight is 423 g/mol. The van der Waals surface area contributed by atoms with Crippen molar-refractivity contribution < 1.29 is 14.6 Å². The van der Waals surface area contributed by atoms with Crippen LogP contribution in [0.15, 0.2) is 42.7 Å². The minimum Gasteiger partial charge on any atom is -0.449 e. The van der Waals surface area contributed by atoms with Gasteiger partial charge in [0.1, 0.15) is 11.6 Å². The zero-order valence-electron chi connectivity index (χ0n) is 18.3. The fraction of sp³-hybridized carbons (Fsp3) is 0.417. The number of carbonyl (C=O) groups is 1. The van der Waals surface area contributed by atoms with E-state index in [4.69, 9.17) is 19.9 Å². The highest BCUT2D eigenvalue weighted by Gasteiger charge is 2.12. The Morgan fingerprint density at radius 1 is 1.03 bits per heavy atom. The van der Waals surface area contributed by atoms with Crippen molar-refractivity contribution >= 4 is 6.16 Å². The predicted molar refractivity (Wildman–Crippen MR) is 119 cm³/mol. The molecule has 0 radical (unpaired) electrons. The van der Waals surface area contributed by atoms with E-state index in [-0.39, 0.29) is 5.75 Å². The number of aromatic nitrogens is 4. The molecule has 0 amide bonds. The summed E-state index contributed by atoms with van der Waals surface area (Å²) in [5, 5.41) is 13.7. The molecule has 0 bridgehead atoms. The van der Waals surface area contributed by atoms with Crippen molar-refractivity contribution in [3.05, 3.63) is 59.9 Å². The molecule has 7 heteroatoms. The zero-order valence-corrected chi connectivity index (χ0v) is 18.3. The number of pyridine rings is 1. The van der Waals surface area contributed by atoms with E-state index >= 15 is 0 Å². The van der Waals surface area contributed by atoms with Crippen LogP contribution in [0.5, 0.6) is 5.75 Å². The molecule has 0 saturated carbocycles. The van der Waals surface area contributed by atoms with Crippen molar-refractivity contribution in [2.45, 2.75) is 65.3 Å². The van der Waals surface area contributed by atoms with Crippen LogP contribution in [-0.2, 0) is 19.4 Å². The van der Waals surface area contributed by atoms with Gasteiger partial charge in [-0.3, -0.25) is 4.98 Å². The molecular formula is C24H30N4O3. The SMILES string of the molecule is CCCCCc1nc(CCCC)n(Cc2ccc(-c3cnccc3OC(=O)O)cc2)n1. The number of aryl methyl sites for hydroxylation is 2. The maximum absolute atomic E-state index is 10.9. The van der Waals surface area contributed by atoms with Crippen molar-refractivity contribution in [3.63, 3.8) is 0 Å². The van der Waals surface area contributed by atoms with Crippen molar-refractivity contribution in [1.29, 1.82) is 0 Å². The first-order valence-electron chi connectivity index (χ1n) is 11.0. The third kappa shape index (κ3) is 6.38. The van der Waals surface area contributed by atoms with E-state index in [1.54, 1.807) is 12.3 Å². The number of hydrogen-bond donors (Lipinski definition) is 1. The summed E-state index contributed by atoms with van der Waals surface area (Å²) >= 11 is 0. The molecule has 31 heavy (non-hydrogen) atoms. The van der Waals surface area contributed by atoms with Gasteiger partial charge in [-0.2, -0.15) is 5.10 Å². The molecule has 3 aromatic rings. The quantitative estimate of drug-likeness (QED) is 0.323. The molecule has 0 fully saturated rings. The van der Waals surface area contributed by atoms with E-state index in [9.17, 15) is 4.79 Å². The van der Waals surface area contributed by atoms with Crippen LogP contribution in [0, 0.1) is 0 Å². The summed E-state index contributed by atoms with van der Waals surface area (Å²) in [4.78, 5) is 19.8. The van der Waals surface area contributed by atoms with E-state index < -0.39 is 6.16 Å². The van der Waals surface area contributed by atoms with E-state index in [0.717, 1.165) is 54.9 Å². The maximum Gasteiger partial charge on any atom is 0.511 e. The molecule has 3 rings (SSSR count). The smallest absolute Gasteiger partial charge is 0.449 e. The number of carboxylic acid groups (broad SMARTS) is 1. The van der Waals surface area contributed by atoms with Crippen LogP contribution in [0.1, 0.15) is 63.2 Å². The molecule has 7 nitrogen and oxygen atoms in total. The molecular weight excluding hydrogens is 392 g/mol. The van der Waals surface area contributed by atoms with Crippen molar-refractivity contribution in [2.24, 2.45) is 0 Å². The Balaban J connectivity index is 1.77. The van der Waals surface area contributed by atoms with Gasteiger partial charge in [-0.1, -0.05) is 57.4 Å². The average Bonchev–Trinajstić information content (AvgIpc) is 3.14. The molecule has 164 valence electrons. The number of nitrogens with zero attached hydrogens (tertiary/aromatic N) is 4. The number of unbranched alkanes of at least 4 members (excludes halogenated alkanes) is 3. The van der Waals surface area contributed by atoms with Gasteiger partial charge in [-0.05, 0) is 24.0 Å². The molecule has 2 heterocycles. The van der Waals surface area contributed by atoms with Gasteiger partial charge in [0.15, 0.2) is 5.82 Å².